The maximum absolute atomic E-state index is 9.48. The van der Waals surface area contributed by atoms with Crippen LogP contribution in [0.2, 0.25) is 0 Å². The fourth-order valence-electron chi connectivity index (χ4n) is 0. The lowest BCUT2D eigenvalue weighted by Crippen LogP contribution is -1.85. The Morgan fingerprint density at radius 1 is 2.00 bits per heavy atom. The molecule has 0 amide bonds. The summed E-state index contributed by atoms with van der Waals surface area (Å²) in [6.07, 6.45) is 0.880. The molecule has 30 valence electrons. The van der Waals surface area contributed by atoms with E-state index in [-0.39, 0.29) is 5.66 Å². The number of hydrogen-bond acceptors (Lipinski definition) is 1. The summed E-state index contributed by atoms with van der Waals surface area (Å²) in [5.41, 5.74) is 0.120. The van der Waals surface area contributed by atoms with Crippen LogP contribution in [0.4, 0.5) is 0 Å². The van der Waals surface area contributed by atoms with Crippen molar-refractivity contribution in [3.63, 3.8) is 0 Å². The summed E-state index contributed by atoms with van der Waals surface area (Å²) >= 11 is 0. The van der Waals surface area contributed by atoms with Crippen molar-refractivity contribution >= 4 is 15.5 Å². The molecule has 2 heteroatoms. The van der Waals surface area contributed by atoms with Gasteiger partial charge in [0.15, 0.2) is 0 Å². The van der Waals surface area contributed by atoms with Gasteiger partial charge in [-0.25, -0.2) is 0 Å². The third-order valence-electron chi connectivity index (χ3n) is 0.215. The highest BCUT2D eigenvalue weighted by Gasteiger charge is 1.79. The summed E-state index contributed by atoms with van der Waals surface area (Å²) < 4.78 is 0. The summed E-state index contributed by atoms with van der Waals surface area (Å²) in [7, 11) is 2.37. The minimum atomic E-state index is 0.120. The van der Waals surface area contributed by atoms with Gasteiger partial charge in [-0.1, -0.05) is 6.92 Å². The molecule has 0 aromatic carbocycles. The molecule has 0 bridgehead atoms. The fourth-order valence-corrected chi connectivity index (χ4v) is 0. The topological polar surface area (TPSA) is 17.1 Å². The summed E-state index contributed by atoms with van der Waals surface area (Å²) in [6, 6.07) is 0. The molecule has 0 aliphatic rings. The van der Waals surface area contributed by atoms with Gasteiger partial charge in [0, 0.05) is 5.66 Å². The monoisotopic (exact) mass is 90.0 g/mol. The number of carbonyl (C=O) groups excluding carboxylic acids is 1. The highest BCUT2D eigenvalue weighted by atomic mass is 31.0. The van der Waals surface area contributed by atoms with Crippen molar-refractivity contribution in [1.29, 1.82) is 0 Å². The van der Waals surface area contributed by atoms with Crippen LogP contribution < -0.4 is 0 Å². The van der Waals surface area contributed by atoms with E-state index in [2.05, 4.69) is 9.24 Å². The highest BCUT2D eigenvalue weighted by Crippen LogP contribution is 1.88. The first-order valence-corrected chi connectivity index (χ1v) is 2.15. The third-order valence-corrected chi connectivity index (χ3v) is 0.372. The van der Waals surface area contributed by atoms with E-state index in [1.54, 1.807) is 0 Å². The Morgan fingerprint density at radius 2 is 2.20 bits per heavy atom. The van der Waals surface area contributed by atoms with Gasteiger partial charge in [0.25, 0.3) is 0 Å². The molecule has 0 aromatic rings. The van der Waals surface area contributed by atoms with Crippen molar-refractivity contribution in [1.82, 2.24) is 0 Å². The third kappa shape index (κ3) is 4.10. The Morgan fingerprint density at radius 3 is 2.20 bits per heavy atom. The van der Waals surface area contributed by atoms with Gasteiger partial charge in [0.05, 0.1) is 0 Å². The summed E-state index contributed by atoms with van der Waals surface area (Å²) in [5, 5.41) is 0. The van der Waals surface area contributed by atoms with Crippen molar-refractivity contribution in [2.45, 2.75) is 12.6 Å². The molecule has 0 aliphatic carbocycles. The van der Waals surface area contributed by atoms with Crippen molar-refractivity contribution in [2.75, 3.05) is 0 Å². The molecule has 0 spiro atoms. The lowest BCUT2D eigenvalue weighted by atomic mass is 10.5. The van der Waals surface area contributed by atoms with Crippen LogP contribution in [0.3, 0.4) is 0 Å². The van der Waals surface area contributed by atoms with Crippen LogP contribution in [0.25, 0.3) is 0 Å². The molecule has 0 aliphatic heterocycles. The number of aldehydes is 1. The van der Waals surface area contributed by atoms with Crippen molar-refractivity contribution in [3.8, 4) is 0 Å². The smallest absolute Gasteiger partial charge is 0.126 e. The molecular weight excluding hydrogens is 83.0 g/mol. The minimum Gasteiger partial charge on any atom is -0.303 e. The van der Waals surface area contributed by atoms with E-state index in [0.29, 0.717) is 0 Å². The van der Waals surface area contributed by atoms with Crippen LogP contribution in [0.5, 0.6) is 0 Å². The maximum atomic E-state index is 9.48. The summed E-state index contributed by atoms with van der Waals surface area (Å²) in [6.45, 7) is 1.82. The Labute approximate surface area is 34.0 Å². The first-order chi connectivity index (χ1) is 2.27. The molecule has 5 heavy (non-hydrogen) atoms. The van der Waals surface area contributed by atoms with Gasteiger partial charge in [-0.05, 0) is 0 Å². The summed E-state index contributed by atoms with van der Waals surface area (Å²) in [4.78, 5) is 9.48. The van der Waals surface area contributed by atoms with E-state index in [1.165, 1.54) is 0 Å². The van der Waals surface area contributed by atoms with E-state index in [9.17, 15) is 4.79 Å². The zero-order valence-corrected chi connectivity index (χ0v) is 4.29. The van der Waals surface area contributed by atoms with Crippen molar-refractivity contribution < 1.29 is 4.79 Å². The standard InChI is InChI=1S/C3H7OP/c1-3(5)2-4/h2-3H,5H2,1H3. The van der Waals surface area contributed by atoms with Gasteiger partial charge >= 0.3 is 0 Å². The Hall–Kier alpha value is 0.100. The molecule has 0 heterocycles. The van der Waals surface area contributed by atoms with Gasteiger partial charge in [-0.15, -0.1) is 9.24 Å². The van der Waals surface area contributed by atoms with Gasteiger partial charge in [0.1, 0.15) is 6.29 Å². The van der Waals surface area contributed by atoms with E-state index >= 15 is 0 Å². The van der Waals surface area contributed by atoms with Gasteiger partial charge in [-0.2, -0.15) is 0 Å². The molecule has 1 nitrogen and oxygen atoms in total. The van der Waals surface area contributed by atoms with Gasteiger partial charge in [-0.3, -0.25) is 0 Å². The van der Waals surface area contributed by atoms with Crippen molar-refractivity contribution in [2.24, 2.45) is 0 Å². The predicted octanol–water partition coefficient (Wildman–Crippen LogP) is 0.449. The molecule has 0 radical (unpaired) electrons. The molecule has 0 saturated carbocycles. The average molecular weight is 90.1 g/mol. The molecule has 0 aromatic heterocycles. The molecule has 0 N–H and O–H groups in total. The molecule has 2 atom stereocenters. The zero-order valence-electron chi connectivity index (χ0n) is 3.14. The van der Waals surface area contributed by atoms with Crippen LogP contribution in [0.1, 0.15) is 6.92 Å². The molecule has 0 saturated heterocycles. The average Bonchev–Trinajstić information content (AvgIpc) is 1.38. The second kappa shape index (κ2) is 2.34. The number of carbonyl (C=O) groups is 1. The normalized spacial score (nSPS) is 14.0. The Balaban J connectivity index is 2.83. The van der Waals surface area contributed by atoms with E-state index in [4.69, 9.17) is 0 Å². The van der Waals surface area contributed by atoms with Gasteiger partial charge < -0.3 is 4.79 Å². The summed E-state index contributed by atoms with van der Waals surface area (Å²) in [5.74, 6) is 0. The largest absolute Gasteiger partial charge is 0.303 e. The molecule has 0 rings (SSSR count). The molecule has 2 unspecified atom stereocenters. The van der Waals surface area contributed by atoms with Crippen molar-refractivity contribution in [3.05, 3.63) is 0 Å². The van der Waals surface area contributed by atoms with Crippen LogP contribution in [-0.2, 0) is 4.79 Å². The Bertz CT molecular complexity index is 33.9. The zero-order chi connectivity index (χ0) is 4.28. The maximum Gasteiger partial charge on any atom is 0.126 e. The second-order valence-corrected chi connectivity index (χ2v) is 2.05. The van der Waals surface area contributed by atoms with E-state index in [1.807, 2.05) is 6.92 Å². The Kier molecular flexibility index (Phi) is 2.39. The van der Waals surface area contributed by atoms with Gasteiger partial charge in [0.2, 0.25) is 0 Å². The van der Waals surface area contributed by atoms with Crippen LogP contribution in [-0.4, -0.2) is 11.9 Å². The molecular formula is C3H7OP. The first kappa shape index (κ1) is 5.10. The lowest BCUT2D eigenvalue weighted by Gasteiger charge is -1.79. The second-order valence-electron chi connectivity index (χ2n) is 0.995. The van der Waals surface area contributed by atoms with Crippen LogP contribution >= 0.6 is 9.24 Å². The first-order valence-electron chi connectivity index (χ1n) is 1.48. The molecule has 0 fully saturated rings. The van der Waals surface area contributed by atoms with E-state index < -0.39 is 0 Å². The van der Waals surface area contributed by atoms with Crippen LogP contribution in [0.15, 0.2) is 0 Å². The van der Waals surface area contributed by atoms with E-state index in [0.717, 1.165) is 6.29 Å². The minimum absolute atomic E-state index is 0.120. The SMILES string of the molecule is CC(P)C=O. The number of hydrogen-bond donors (Lipinski definition) is 0. The lowest BCUT2D eigenvalue weighted by molar-refractivity contribution is -0.107. The predicted molar refractivity (Wildman–Crippen MR) is 25.2 cm³/mol. The number of rotatable bonds is 1. The van der Waals surface area contributed by atoms with Crippen LogP contribution in [0, 0.1) is 0 Å². The highest BCUT2D eigenvalue weighted by molar-refractivity contribution is 7.19. The fraction of sp³-hybridized carbons (Fsp3) is 0.667. The quantitative estimate of drug-likeness (QED) is 0.337.